The molecule has 0 bridgehead atoms. The molecule has 2 rings (SSSR count). The molecule has 0 fully saturated rings. The van der Waals surface area contributed by atoms with Gasteiger partial charge in [-0.3, -0.25) is 0 Å². The van der Waals surface area contributed by atoms with Crippen LogP contribution in [-0.2, 0) is 0 Å². The van der Waals surface area contributed by atoms with Gasteiger partial charge in [0.25, 0.3) is 0 Å². The molecular formula is C16H18S. The first-order valence-electron chi connectivity index (χ1n) is 6.02. The normalized spacial score (nSPS) is 14.2. The summed E-state index contributed by atoms with van der Waals surface area (Å²) >= 11 is 2.01. The first kappa shape index (κ1) is 12.3. The van der Waals surface area contributed by atoms with Gasteiger partial charge < -0.3 is 0 Å². The first-order chi connectivity index (χ1) is 8.27. The minimum absolute atomic E-state index is 0.534. The Hall–Kier alpha value is -1.21. The molecule has 0 heterocycles. The fraction of sp³-hybridized carbons (Fsp3) is 0.250. The van der Waals surface area contributed by atoms with E-state index in [0.717, 1.165) is 0 Å². The third-order valence-electron chi connectivity index (χ3n) is 2.95. The highest BCUT2D eigenvalue weighted by atomic mass is 32.2. The molecule has 2 atom stereocenters. The molecule has 0 saturated carbocycles. The lowest BCUT2D eigenvalue weighted by Crippen LogP contribution is -1.93. The van der Waals surface area contributed by atoms with Gasteiger partial charge in [0.1, 0.15) is 0 Å². The summed E-state index contributed by atoms with van der Waals surface area (Å²) in [6.45, 7) is 4.55. The van der Waals surface area contributed by atoms with Crippen molar-refractivity contribution in [3.8, 4) is 0 Å². The number of hydrogen-bond donors (Lipinski definition) is 0. The molecule has 1 heteroatoms. The predicted molar refractivity (Wildman–Crippen MR) is 77.3 cm³/mol. The van der Waals surface area contributed by atoms with Crippen LogP contribution in [0.3, 0.4) is 0 Å². The highest BCUT2D eigenvalue weighted by molar-refractivity contribution is 7.99. The van der Waals surface area contributed by atoms with E-state index in [1.807, 2.05) is 11.8 Å². The smallest absolute Gasteiger partial charge is 0.0275 e. The Morgan fingerprint density at radius 1 is 0.647 bits per heavy atom. The molecule has 88 valence electrons. The zero-order valence-corrected chi connectivity index (χ0v) is 11.2. The second-order valence-corrected chi connectivity index (χ2v) is 5.93. The molecular weight excluding hydrogens is 224 g/mol. The Bertz CT molecular complexity index is 392. The van der Waals surface area contributed by atoms with Gasteiger partial charge in [0.05, 0.1) is 0 Å². The zero-order valence-electron chi connectivity index (χ0n) is 10.3. The quantitative estimate of drug-likeness (QED) is 0.706. The summed E-state index contributed by atoms with van der Waals surface area (Å²) in [5.74, 6) is 0. The Morgan fingerprint density at radius 2 is 1.00 bits per heavy atom. The molecule has 0 aliphatic carbocycles. The molecule has 0 aliphatic rings. The molecule has 2 aromatic carbocycles. The Labute approximate surface area is 108 Å². The van der Waals surface area contributed by atoms with Crippen LogP contribution in [-0.4, -0.2) is 0 Å². The minimum atomic E-state index is 0.534. The van der Waals surface area contributed by atoms with Gasteiger partial charge in [-0.25, -0.2) is 0 Å². The topological polar surface area (TPSA) is 0 Å². The van der Waals surface area contributed by atoms with E-state index in [4.69, 9.17) is 0 Å². The standard InChI is InChI=1S/C16H18S/c1-13(15-9-5-3-6-10-15)17-14(2)16-11-7-4-8-12-16/h3-14H,1-2H3. The number of thioether (sulfide) groups is 1. The highest BCUT2D eigenvalue weighted by Gasteiger charge is 2.12. The Kier molecular flexibility index (Phi) is 4.27. The van der Waals surface area contributed by atoms with Crippen LogP contribution in [0.1, 0.15) is 35.5 Å². The molecule has 0 spiro atoms. The molecule has 17 heavy (non-hydrogen) atoms. The molecule has 2 unspecified atom stereocenters. The van der Waals surface area contributed by atoms with E-state index in [1.165, 1.54) is 11.1 Å². The minimum Gasteiger partial charge on any atom is -0.146 e. The van der Waals surface area contributed by atoms with E-state index >= 15 is 0 Å². The van der Waals surface area contributed by atoms with Crippen LogP contribution in [0, 0.1) is 0 Å². The monoisotopic (exact) mass is 242 g/mol. The van der Waals surface area contributed by atoms with Crippen LogP contribution < -0.4 is 0 Å². The van der Waals surface area contributed by atoms with Crippen molar-refractivity contribution >= 4 is 11.8 Å². The molecule has 0 nitrogen and oxygen atoms in total. The highest BCUT2D eigenvalue weighted by Crippen LogP contribution is 2.39. The van der Waals surface area contributed by atoms with Gasteiger partial charge >= 0.3 is 0 Å². The van der Waals surface area contributed by atoms with Crippen LogP contribution in [0.25, 0.3) is 0 Å². The summed E-state index contributed by atoms with van der Waals surface area (Å²) in [5, 5.41) is 1.07. The maximum Gasteiger partial charge on any atom is 0.0275 e. The lowest BCUT2D eigenvalue weighted by atomic mass is 10.2. The summed E-state index contributed by atoms with van der Waals surface area (Å²) in [6, 6.07) is 21.4. The zero-order chi connectivity index (χ0) is 12.1. The van der Waals surface area contributed by atoms with E-state index in [2.05, 4.69) is 74.5 Å². The largest absolute Gasteiger partial charge is 0.146 e. The molecule has 0 amide bonds. The molecule has 0 aliphatic heterocycles. The van der Waals surface area contributed by atoms with Gasteiger partial charge in [0.15, 0.2) is 0 Å². The van der Waals surface area contributed by atoms with Crippen LogP contribution in [0.5, 0.6) is 0 Å². The van der Waals surface area contributed by atoms with Crippen LogP contribution in [0.2, 0.25) is 0 Å². The summed E-state index contributed by atoms with van der Waals surface area (Å²) in [4.78, 5) is 0. The van der Waals surface area contributed by atoms with Crippen molar-refractivity contribution in [3.63, 3.8) is 0 Å². The average Bonchev–Trinajstić information content (AvgIpc) is 2.40. The molecule has 0 N–H and O–H groups in total. The second-order valence-electron chi connectivity index (χ2n) is 4.24. The van der Waals surface area contributed by atoms with Crippen LogP contribution in [0.15, 0.2) is 60.7 Å². The summed E-state index contributed by atoms with van der Waals surface area (Å²) in [7, 11) is 0. The lowest BCUT2D eigenvalue weighted by molar-refractivity contribution is 1.04. The SMILES string of the molecule is CC(SC(C)c1ccccc1)c1ccccc1. The van der Waals surface area contributed by atoms with Gasteiger partial charge in [-0.1, -0.05) is 60.7 Å². The maximum absolute atomic E-state index is 2.28. The Morgan fingerprint density at radius 3 is 1.35 bits per heavy atom. The maximum atomic E-state index is 2.28. The van der Waals surface area contributed by atoms with E-state index in [1.54, 1.807) is 0 Å². The van der Waals surface area contributed by atoms with Crippen molar-refractivity contribution in [2.45, 2.75) is 24.3 Å². The van der Waals surface area contributed by atoms with Crippen molar-refractivity contribution < 1.29 is 0 Å². The average molecular weight is 242 g/mol. The summed E-state index contributed by atoms with van der Waals surface area (Å²) in [5.41, 5.74) is 2.81. The third kappa shape index (κ3) is 3.37. The van der Waals surface area contributed by atoms with E-state index in [0.29, 0.717) is 10.5 Å². The van der Waals surface area contributed by atoms with Crippen molar-refractivity contribution in [2.24, 2.45) is 0 Å². The predicted octanol–water partition coefficient (Wildman–Crippen LogP) is 5.24. The Balaban J connectivity index is 2.02. The fourth-order valence-corrected chi connectivity index (χ4v) is 3.15. The van der Waals surface area contributed by atoms with Crippen molar-refractivity contribution in [2.75, 3.05) is 0 Å². The first-order valence-corrected chi connectivity index (χ1v) is 6.97. The summed E-state index contributed by atoms with van der Waals surface area (Å²) in [6.07, 6.45) is 0. The fourth-order valence-electron chi connectivity index (χ4n) is 1.91. The van der Waals surface area contributed by atoms with Gasteiger partial charge in [-0.05, 0) is 25.0 Å². The van der Waals surface area contributed by atoms with Crippen molar-refractivity contribution in [1.29, 1.82) is 0 Å². The van der Waals surface area contributed by atoms with E-state index in [9.17, 15) is 0 Å². The van der Waals surface area contributed by atoms with Gasteiger partial charge in [-0.15, -0.1) is 11.8 Å². The van der Waals surface area contributed by atoms with Gasteiger partial charge in [-0.2, -0.15) is 0 Å². The van der Waals surface area contributed by atoms with Crippen LogP contribution in [0.4, 0.5) is 0 Å². The molecule has 0 aromatic heterocycles. The van der Waals surface area contributed by atoms with E-state index in [-0.39, 0.29) is 0 Å². The third-order valence-corrected chi connectivity index (χ3v) is 4.31. The van der Waals surface area contributed by atoms with E-state index < -0.39 is 0 Å². The van der Waals surface area contributed by atoms with Gasteiger partial charge in [0.2, 0.25) is 0 Å². The second kappa shape index (κ2) is 5.92. The molecule has 0 saturated heterocycles. The molecule has 2 aromatic rings. The lowest BCUT2D eigenvalue weighted by Gasteiger charge is -2.17. The van der Waals surface area contributed by atoms with Crippen molar-refractivity contribution in [3.05, 3.63) is 71.8 Å². The molecule has 0 radical (unpaired) electrons. The van der Waals surface area contributed by atoms with Gasteiger partial charge in [0, 0.05) is 10.5 Å². The number of rotatable bonds is 4. The number of hydrogen-bond acceptors (Lipinski definition) is 1. The summed E-state index contributed by atoms with van der Waals surface area (Å²) < 4.78 is 0. The van der Waals surface area contributed by atoms with Crippen molar-refractivity contribution in [1.82, 2.24) is 0 Å². The van der Waals surface area contributed by atoms with Crippen LogP contribution >= 0.6 is 11.8 Å². The number of benzene rings is 2.